The second-order valence-corrected chi connectivity index (χ2v) is 4.96. The summed E-state index contributed by atoms with van der Waals surface area (Å²) < 4.78 is 12.2. The smallest absolute Gasteiger partial charge is 0.344 e. The van der Waals surface area contributed by atoms with E-state index < -0.39 is 5.97 Å². The lowest BCUT2D eigenvalue weighted by atomic mass is 10.1. The van der Waals surface area contributed by atoms with Crippen LogP contribution in [0.4, 0.5) is 0 Å². The summed E-state index contributed by atoms with van der Waals surface area (Å²) in [6.45, 7) is 3.88. The first-order chi connectivity index (χ1) is 10.6. The van der Waals surface area contributed by atoms with E-state index in [1.54, 1.807) is 11.6 Å². The third kappa shape index (κ3) is 2.36. The summed E-state index contributed by atoms with van der Waals surface area (Å²) in [6, 6.07) is 7.81. The molecule has 0 N–H and O–H groups in total. The van der Waals surface area contributed by atoms with Crippen LogP contribution in [-0.2, 0) is 16.6 Å². The van der Waals surface area contributed by atoms with Crippen LogP contribution in [0.1, 0.15) is 12.6 Å². The number of ether oxygens (including phenoxy) is 2. The lowest BCUT2D eigenvalue weighted by molar-refractivity contribution is -0.145. The molecule has 0 radical (unpaired) electrons. The third-order valence-electron chi connectivity index (χ3n) is 3.46. The van der Waals surface area contributed by atoms with Crippen molar-refractivity contribution in [2.45, 2.75) is 13.8 Å². The Bertz CT molecular complexity index is 855. The molecule has 0 unspecified atom stereocenters. The summed E-state index contributed by atoms with van der Waals surface area (Å²) in [4.78, 5) is 16.0. The Morgan fingerprint density at radius 1 is 1.27 bits per heavy atom. The predicted octanol–water partition coefficient (Wildman–Crippen LogP) is 2.37. The van der Waals surface area contributed by atoms with Crippen molar-refractivity contribution >= 4 is 27.8 Å². The summed E-state index contributed by atoms with van der Waals surface area (Å²) >= 11 is 0. The first-order valence-corrected chi connectivity index (χ1v) is 7.12. The molecule has 0 atom stereocenters. The standard InChI is InChI=1S/C16H17N3O3/c1-4-21-13(20)9-22-16-12-8-6-5-7-11(12)14-10(2)18-19(3)15(14)17-16/h5-8H,4,9H2,1-3H3. The van der Waals surface area contributed by atoms with E-state index in [4.69, 9.17) is 9.47 Å². The third-order valence-corrected chi connectivity index (χ3v) is 3.46. The van der Waals surface area contributed by atoms with Crippen LogP contribution in [0.15, 0.2) is 24.3 Å². The minimum absolute atomic E-state index is 0.160. The van der Waals surface area contributed by atoms with Crippen molar-refractivity contribution in [2.75, 3.05) is 13.2 Å². The van der Waals surface area contributed by atoms with Crippen LogP contribution in [0, 0.1) is 6.92 Å². The van der Waals surface area contributed by atoms with E-state index in [1.165, 1.54) is 0 Å². The number of nitrogens with zero attached hydrogens (tertiary/aromatic N) is 3. The number of pyridine rings is 1. The van der Waals surface area contributed by atoms with Gasteiger partial charge in [-0.1, -0.05) is 18.2 Å². The van der Waals surface area contributed by atoms with Gasteiger partial charge in [-0.25, -0.2) is 4.79 Å². The maximum absolute atomic E-state index is 11.5. The number of hydrogen-bond donors (Lipinski definition) is 0. The van der Waals surface area contributed by atoms with Crippen molar-refractivity contribution in [3.05, 3.63) is 30.0 Å². The van der Waals surface area contributed by atoms with E-state index in [0.717, 1.165) is 27.5 Å². The van der Waals surface area contributed by atoms with Gasteiger partial charge < -0.3 is 9.47 Å². The van der Waals surface area contributed by atoms with Crippen molar-refractivity contribution in [3.63, 3.8) is 0 Å². The molecule has 0 fully saturated rings. The van der Waals surface area contributed by atoms with Crippen molar-refractivity contribution in [1.82, 2.24) is 14.8 Å². The Kier molecular flexibility index (Phi) is 3.66. The number of carbonyl (C=O) groups excluding carboxylic acids is 1. The maximum Gasteiger partial charge on any atom is 0.344 e. The van der Waals surface area contributed by atoms with Crippen molar-refractivity contribution in [1.29, 1.82) is 0 Å². The SMILES string of the molecule is CCOC(=O)COc1nc2c(c(C)nn2C)c2ccccc12. The summed E-state index contributed by atoms with van der Waals surface area (Å²) in [5.74, 6) is 0.00816. The average Bonchev–Trinajstić information content (AvgIpc) is 2.80. The molecular weight excluding hydrogens is 282 g/mol. The van der Waals surface area contributed by atoms with Crippen LogP contribution >= 0.6 is 0 Å². The highest BCUT2D eigenvalue weighted by molar-refractivity contribution is 6.08. The summed E-state index contributed by atoms with van der Waals surface area (Å²) in [5.41, 5.74) is 1.65. The van der Waals surface area contributed by atoms with Crippen LogP contribution in [0.2, 0.25) is 0 Å². The summed E-state index contributed by atoms with van der Waals surface area (Å²) in [6.07, 6.45) is 0. The molecule has 3 aromatic rings. The number of benzene rings is 1. The van der Waals surface area contributed by atoms with Crippen LogP contribution in [0.3, 0.4) is 0 Å². The topological polar surface area (TPSA) is 66.2 Å². The zero-order valence-electron chi connectivity index (χ0n) is 12.8. The maximum atomic E-state index is 11.5. The highest BCUT2D eigenvalue weighted by Crippen LogP contribution is 2.32. The average molecular weight is 299 g/mol. The molecule has 0 aliphatic carbocycles. The Morgan fingerprint density at radius 3 is 2.73 bits per heavy atom. The molecule has 0 bridgehead atoms. The quantitative estimate of drug-likeness (QED) is 0.692. The van der Waals surface area contributed by atoms with Gasteiger partial charge in [-0.3, -0.25) is 4.68 Å². The number of rotatable bonds is 4. The van der Waals surface area contributed by atoms with Crippen molar-refractivity contribution in [2.24, 2.45) is 7.05 Å². The number of hydrogen-bond acceptors (Lipinski definition) is 5. The van der Waals surface area contributed by atoms with Crippen LogP contribution in [0.5, 0.6) is 5.88 Å². The highest BCUT2D eigenvalue weighted by atomic mass is 16.6. The van der Waals surface area contributed by atoms with Gasteiger partial charge in [0, 0.05) is 12.4 Å². The van der Waals surface area contributed by atoms with Crippen LogP contribution in [0.25, 0.3) is 21.8 Å². The van der Waals surface area contributed by atoms with E-state index >= 15 is 0 Å². The fourth-order valence-electron chi connectivity index (χ4n) is 2.57. The molecule has 6 nitrogen and oxygen atoms in total. The van der Waals surface area contributed by atoms with Crippen LogP contribution in [-0.4, -0.2) is 33.9 Å². The molecule has 0 saturated heterocycles. The predicted molar refractivity (Wildman–Crippen MR) is 82.9 cm³/mol. The molecule has 0 aliphatic rings. The van der Waals surface area contributed by atoms with Gasteiger partial charge in [-0.05, 0) is 25.3 Å². The largest absolute Gasteiger partial charge is 0.465 e. The van der Waals surface area contributed by atoms with Gasteiger partial charge in [0.05, 0.1) is 17.7 Å². The second kappa shape index (κ2) is 5.63. The molecule has 0 spiro atoms. The molecule has 114 valence electrons. The molecule has 0 saturated carbocycles. The second-order valence-electron chi connectivity index (χ2n) is 4.96. The lowest BCUT2D eigenvalue weighted by Gasteiger charge is -2.09. The van der Waals surface area contributed by atoms with E-state index in [-0.39, 0.29) is 6.61 Å². The van der Waals surface area contributed by atoms with Gasteiger partial charge >= 0.3 is 5.97 Å². The van der Waals surface area contributed by atoms with Crippen molar-refractivity contribution < 1.29 is 14.3 Å². The Balaban J connectivity index is 2.12. The minimum atomic E-state index is -0.408. The van der Waals surface area contributed by atoms with Gasteiger partial charge in [0.2, 0.25) is 5.88 Å². The van der Waals surface area contributed by atoms with E-state index in [9.17, 15) is 4.79 Å². The van der Waals surface area contributed by atoms with E-state index in [2.05, 4.69) is 10.1 Å². The minimum Gasteiger partial charge on any atom is -0.465 e. The fourth-order valence-corrected chi connectivity index (χ4v) is 2.57. The van der Waals surface area contributed by atoms with Gasteiger partial charge in [0.1, 0.15) is 0 Å². The molecule has 0 amide bonds. The summed E-state index contributed by atoms with van der Waals surface area (Å²) in [7, 11) is 1.84. The van der Waals surface area contributed by atoms with E-state index in [1.807, 2.05) is 38.2 Å². The Labute approximate surface area is 127 Å². The molecule has 0 aliphatic heterocycles. The zero-order valence-corrected chi connectivity index (χ0v) is 12.8. The first kappa shape index (κ1) is 14.3. The Morgan fingerprint density at radius 2 is 2.00 bits per heavy atom. The number of carbonyl (C=O) groups is 1. The Hall–Kier alpha value is -2.63. The molecular formula is C16H17N3O3. The highest BCUT2D eigenvalue weighted by Gasteiger charge is 2.15. The molecule has 1 aromatic carbocycles. The fraction of sp³-hybridized carbons (Fsp3) is 0.312. The normalized spacial score (nSPS) is 11.0. The van der Waals surface area contributed by atoms with Crippen LogP contribution < -0.4 is 4.74 Å². The number of aryl methyl sites for hydroxylation is 2. The zero-order chi connectivity index (χ0) is 15.7. The van der Waals surface area contributed by atoms with Gasteiger partial charge in [0.15, 0.2) is 12.3 Å². The first-order valence-electron chi connectivity index (χ1n) is 7.12. The van der Waals surface area contributed by atoms with Crippen molar-refractivity contribution in [3.8, 4) is 5.88 Å². The molecule has 3 rings (SSSR count). The lowest BCUT2D eigenvalue weighted by Crippen LogP contribution is -2.15. The number of aromatic nitrogens is 3. The molecule has 6 heteroatoms. The van der Waals surface area contributed by atoms with E-state index in [0.29, 0.717) is 12.5 Å². The summed E-state index contributed by atoms with van der Waals surface area (Å²) in [5, 5.41) is 7.28. The van der Waals surface area contributed by atoms with Gasteiger partial charge in [-0.15, -0.1) is 0 Å². The number of fused-ring (bicyclic) bond motifs is 3. The number of esters is 1. The van der Waals surface area contributed by atoms with Gasteiger partial charge in [0.25, 0.3) is 0 Å². The monoisotopic (exact) mass is 299 g/mol. The van der Waals surface area contributed by atoms with Gasteiger partial charge in [-0.2, -0.15) is 10.1 Å². The molecule has 2 heterocycles. The molecule has 22 heavy (non-hydrogen) atoms. The molecule has 2 aromatic heterocycles.